The molecule has 0 aliphatic heterocycles. The van der Waals surface area contributed by atoms with Crippen molar-refractivity contribution in [2.24, 2.45) is 5.92 Å². The molecule has 0 aromatic rings. The van der Waals surface area contributed by atoms with Gasteiger partial charge in [-0.15, -0.1) is 11.6 Å². The average molecular weight is 285 g/mol. The van der Waals surface area contributed by atoms with Gasteiger partial charge in [0.05, 0.1) is 11.8 Å². The molecule has 0 radical (unpaired) electrons. The van der Waals surface area contributed by atoms with Crippen LogP contribution in [-0.4, -0.2) is 38.0 Å². The van der Waals surface area contributed by atoms with Crippen LogP contribution < -0.4 is 10.0 Å². The average Bonchev–Trinajstić information content (AvgIpc) is 2.14. The van der Waals surface area contributed by atoms with Crippen LogP contribution in [0.1, 0.15) is 27.7 Å². The molecule has 102 valence electrons. The highest BCUT2D eigenvalue weighted by atomic mass is 35.5. The Balaban J connectivity index is 4.36. The number of amides is 1. The molecule has 0 aromatic carbocycles. The van der Waals surface area contributed by atoms with Crippen molar-refractivity contribution < 1.29 is 13.2 Å². The van der Waals surface area contributed by atoms with Crippen LogP contribution in [0.3, 0.4) is 0 Å². The smallest absolute Gasteiger partial charge is 0.238 e. The monoisotopic (exact) mass is 284 g/mol. The highest BCUT2D eigenvalue weighted by molar-refractivity contribution is 7.89. The first kappa shape index (κ1) is 16.7. The van der Waals surface area contributed by atoms with Crippen LogP contribution in [0.2, 0.25) is 0 Å². The van der Waals surface area contributed by atoms with Crippen LogP contribution in [0.5, 0.6) is 0 Å². The molecule has 2 atom stereocenters. The third-order valence-corrected chi connectivity index (χ3v) is 4.20. The van der Waals surface area contributed by atoms with Crippen LogP contribution >= 0.6 is 11.6 Å². The zero-order valence-corrected chi connectivity index (χ0v) is 12.2. The highest BCUT2D eigenvalue weighted by Crippen LogP contribution is 2.03. The highest BCUT2D eigenvalue weighted by Gasteiger charge is 2.22. The fourth-order valence-electron chi connectivity index (χ4n) is 1.20. The van der Waals surface area contributed by atoms with Crippen molar-refractivity contribution in [2.75, 3.05) is 11.6 Å². The van der Waals surface area contributed by atoms with Crippen molar-refractivity contribution in [3.8, 4) is 0 Å². The summed E-state index contributed by atoms with van der Waals surface area (Å²) in [4.78, 5) is 11.5. The molecule has 0 spiro atoms. The van der Waals surface area contributed by atoms with Crippen LogP contribution in [0.25, 0.3) is 0 Å². The maximum Gasteiger partial charge on any atom is 0.238 e. The molecule has 2 N–H and O–H groups in total. The van der Waals surface area contributed by atoms with Gasteiger partial charge >= 0.3 is 0 Å². The molecule has 0 saturated heterocycles. The summed E-state index contributed by atoms with van der Waals surface area (Å²) in [5.74, 6) is -0.278. The molecular formula is C10H21ClN2O3S. The van der Waals surface area contributed by atoms with Crippen molar-refractivity contribution >= 4 is 27.5 Å². The molecule has 0 heterocycles. The fourth-order valence-corrected chi connectivity index (χ4v) is 3.05. The predicted octanol–water partition coefficient (Wildman–Crippen LogP) is 0.694. The van der Waals surface area contributed by atoms with E-state index in [0.29, 0.717) is 0 Å². The van der Waals surface area contributed by atoms with E-state index < -0.39 is 16.1 Å². The summed E-state index contributed by atoms with van der Waals surface area (Å²) < 4.78 is 25.6. The maximum absolute atomic E-state index is 11.7. The molecule has 0 aromatic heterocycles. The lowest BCUT2D eigenvalue weighted by molar-refractivity contribution is -0.122. The van der Waals surface area contributed by atoms with Crippen LogP contribution in [0.15, 0.2) is 0 Å². The van der Waals surface area contributed by atoms with Gasteiger partial charge in [0.1, 0.15) is 0 Å². The van der Waals surface area contributed by atoms with Crippen molar-refractivity contribution in [3.05, 3.63) is 0 Å². The van der Waals surface area contributed by atoms with Gasteiger partial charge in [-0.1, -0.05) is 6.92 Å². The van der Waals surface area contributed by atoms with E-state index in [-0.39, 0.29) is 29.5 Å². The number of carbonyl (C=O) groups is 1. The molecule has 0 saturated carbocycles. The number of rotatable bonds is 7. The lowest BCUT2D eigenvalue weighted by Gasteiger charge is -2.17. The van der Waals surface area contributed by atoms with Gasteiger partial charge in [0.2, 0.25) is 15.9 Å². The third-order valence-electron chi connectivity index (χ3n) is 1.95. The Morgan fingerprint density at radius 3 is 2.18 bits per heavy atom. The largest absolute Gasteiger partial charge is 0.353 e. The van der Waals surface area contributed by atoms with Crippen LogP contribution in [0, 0.1) is 5.92 Å². The summed E-state index contributed by atoms with van der Waals surface area (Å²) in [5.41, 5.74) is 0. The molecule has 5 nitrogen and oxygen atoms in total. The van der Waals surface area contributed by atoms with E-state index in [1.807, 2.05) is 13.8 Å². The fraction of sp³-hybridized carbons (Fsp3) is 0.900. The minimum absolute atomic E-state index is 0.0174. The zero-order valence-electron chi connectivity index (χ0n) is 10.7. The van der Waals surface area contributed by atoms with Gasteiger partial charge in [-0.3, -0.25) is 4.79 Å². The maximum atomic E-state index is 11.7. The molecule has 1 amide bonds. The van der Waals surface area contributed by atoms with Gasteiger partial charge in [0, 0.05) is 11.9 Å². The second kappa shape index (κ2) is 7.18. The Labute approximate surface area is 108 Å². The summed E-state index contributed by atoms with van der Waals surface area (Å²) in [6.45, 7) is 6.88. The summed E-state index contributed by atoms with van der Waals surface area (Å²) in [6.07, 6.45) is 0. The number of halogens is 1. The summed E-state index contributed by atoms with van der Waals surface area (Å²) in [6, 6.07) is -0.791. The second-order valence-electron chi connectivity index (χ2n) is 4.54. The van der Waals surface area contributed by atoms with E-state index in [9.17, 15) is 13.2 Å². The molecule has 0 aliphatic carbocycles. The first-order valence-corrected chi connectivity index (χ1v) is 7.73. The van der Waals surface area contributed by atoms with E-state index in [4.69, 9.17) is 11.6 Å². The lowest BCUT2D eigenvalue weighted by Crippen LogP contribution is -2.47. The third kappa shape index (κ3) is 7.57. The van der Waals surface area contributed by atoms with Crippen LogP contribution in [-0.2, 0) is 14.8 Å². The minimum atomic E-state index is -3.47. The van der Waals surface area contributed by atoms with Gasteiger partial charge < -0.3 is 5.32 Å². The standard InChI is InChI=1S/C10H21ClN2O3S/c1-7(2)12-10(14)9(4)13-17(15,16)6-8(3)5-11/h7-9,13H,5-6H2,1-4H3,(H,12,14). The molecular weight excluding hydrogens is 264 g/mol. The van der Waals surface area contributed by atoms with Gasteiger partial charge in [-0.2, -0.15) is 0 Å². The number of carbonyl (C=O) groups excluding carboxylic acids is 1. The predicted molar refractivity (Wildman–Crippen MR) is 69.5 cm³/mol. The molecule has 0 aliphatic rings. The number of hydrogen-bond acceptors (Lipinski definition) is 3. The second-order valence-corrected chi connectivity index (χ2v) is 6.65. The van der Waals surface area contributed by atoms with Crippen molar-refractivity contribution in [3.63, 3.8) is 0 Å². The van der Waals surface area contributed by atoms with E-state index in [2.05, 4.69) is 10.0 Å². The van der Waals surface area contributed by atoms with Crippen molar-refractivity contribution in [1.82, 2.24) is 10.0 Å². The topological polar surface area (TPSA) is 75.3 Å². The molecule has 2 unspecified atom stereocenters. The number of alkyl halides is 1. The quantitative estimate of drug-likeness (QED) is 0.676. The summed E-state index contributed by atoms with van der Waals surface area (Å²) in [5, 5.41) is 2.64. The Bertz CT molecular complexity index is 343. The van der Waals surface area contributed by atoms with Gasteiger partial charge in [0.25, 0.3) is 0 Å². The van der Waals surface area contributed by atoms with Gasteiger partial charge in [-0.25, -0.2) is 13.1 Å². The molecule has 0 fully saturated rings. The lowest BCUT2D eigenvalue weighted by atomic mass is 10.3. The zero-order chi connectivity index (χ0) is 13.6. The Kier molecular flexibility index (Phi) is 7.04. The van der Waals surface area contributed by atoms with Crippen LogP contribution in [0.4, 0.5) is 0 Å². The number of sulfonamides is 1. The van der Waals surface area contributed by atoms with E-state index in [1.54, 1.807) is 6.92 Å². The minimum Gasteiger partial charge on any atom is -0.353 e. The molecule has 7 heteroatoms. The first-order valence-electron chi connectivity index (χ1n) is 5.54. The molecule has 0 rings (SSSR count). The summed E-state index contributed by atoms with van der Waals surface area (Å²) in [7, 11) is -3.47. The SMILES string of the molecule is CC(CCl)CS(=O)(=O)NC(C)C(=O)NC(C)C. The number of nitrogens with one attached hydrogen (secondary N) is 2. The first-order chi connectivity index (χ1) is 7.68. The van der Waals surface area contributed by atoms with Crippen molar-refractivity contribution in [1.29, 1.82) is 0 Å². The Morgan fingerprint density at radius 2 is 1.76 bits per heavy atom. The van der Waals surface area contributed by atoms with Gasteiger partial charge in [0.15, 0.2) is 0 Å². The Hall–Kier alpha value is -0.330. The van der Waals surface area contributed by atoms with Crippen molar-refractivity contribution in [2.45, 2.75) is 39.8 Å². The van der Waals surface area contributed by atoms with E-state index in [1.165, 1.54) is 6.92 Å². The molecule has 17 heavy (non-hydrogen) atoms. The summed E-state index contributed by atoms with van der Waals surface area (Å²) >= 11 is 5.55. The number of hydrogen-bond donors (Lipinski definition) is 2. The Morgan fingerprint density at radius 1 is 1.24 bits per heavy atom. The van der Waals surface area contributed by atoms with E-state index >= 15 is 0 Å². The normalized spacial score (nSPS) is 15.6. The molecule has 0 bridgehead atoms. The van der Waals surface area contributed by atoms with E-state index in [0.717, 1.165) is 0 Å². The van der Waals surface area contributed by atoms with Gasteiger partial charge in [-0.05, 0) is 26.7 Å².